The maximum absolute atomic E-state index is 13.9. The van der Waals surface area contributed by atoms with Gasteiger partial charge in [0.05, 0.1) is 36.0 Å². The molecule has 12 heteroatoms. The number of hydrogen-bond donors (Lipinski definition) is 3. The number of hydrogen-bond acceptors (Lipinski definition) is 8. The molecule has 4 rings (SSSR count). The van der Waals surface area contributed by atoms with Gasteiger partial charge in [0.1, 0.15) is 18.2 Å². The Morgan fingerprint density at radius 1 is 1.20 bits per heavy atom. The summed E-state index contributed by atoms with van der Waals surface area (Å²) < 4.78 is 51.4. The predicted molar refractivity (Wildman–Crippen MR) is 147 cm³/mol. The number of carbonyl (C=O) groups is 1. The van der Waals surface area contributed by atoms with Gasteiger partial charge in [-0.1, -0.05) is 0 Å². The third-order valence-electron chi connectivity index (χ3n) is 7.83. The number of aliphatic hydroxyl groups excluding tert-OH is 1. The maximum Gasteiger partial charge on any atom is 0.249 e. The fraction of sp³-hybridized carbons (Fsp3) is 0.448. The zero-order valence-corrected chi connectivity index (χ0v) is 23.3. The van der Waals surface area contributed by atoms with Gasteiger partial charge in [0.2, 0.25) is 11.7 Å². The first-order valence-corrected chi connectivity index (χ1v) is 13.3. The van der Waals surface area contributed by atoms with Crippen molar-refractivity contribution in [3.8, 4) is 11.5 Å². The number of aliphatic hydroxyl groups is 1. The molecule has 3 aromatic rings. The van der Waals surface area contributed by atoms with Crippen LogP contribution in [0.4, 0.5) is 18.9 Å². The molecule has 1 amide bonds. The van der Waals surface area contributed by atoms with Crippen LogP contribution in [0.1, 0.15) is 37.4 Å². The van der Waals surface area contributed by atoms with Gasteiger partial charge < -0.3 is 19.5 Å². The molecule has 9 nitrogen and oxygen atoms in total. The quantitative estimate of drug-likeness (QED) is 0.177. The highest BCUT2D eigenvalue weighted by molar-refractivity contribution is 5.88. The van der Waals surface area contributed by atoms with Crippen molar-refractivity contribution < 1.29 is 37.8 Å². The molecule has 0 aliphatic carbocycles. The zero-order chi connectivity index (χ0) is 29.7. The number of anilines is 1. The van der Waals surface area contributed by atoms with E-state index in [0.29, 0.717) is 61.8 Å². The lowest BCUT2D eigenvalue weighted by Gasteiger charge is -2.40. The third kappa shape index (κ3) is 6.66. The number of benzene rings is 2. The molecule has 1 aliphatic heterocycles. The maximum atomic E-state index is 13.9. The Balaban J connectivity index is 1.44. The second kappa shape index (κ2) is 12.9. The Bertz CT molecular complexity index is 1380. The Morgan fingerprint density at radius 2 is 1.93 bits per heavy atom. The Kier molecular flexibility index (Phi) is 9.57. The van der Waals surface area contributed by atoms with Crippen LogP contribution in [0.3, 0.4) is 0 Å². The van der Waals surface area contributed by atoms with Crippen LogP contribution in [-0.2, 0) is 4.79 Å². The Morgan fingerprint density at radius 3 is 2.59 bits per heavy atom. The number of rotatable bonds is 11. The van der Waals surface area contributed by atoms with Gasteiger partial charge in [-0.2, -0.15) is 4.39 Å². The number of carbonyl (C=O) groups excluding carboxylic acids is 1. The number of halogens is 3. The normalized spacial score (nSPS) is 15.9. The highest BCUT2D eigenvalue weighted by Crippen LogP contribution is 2.41. The van der Waals surface area contributed by atoms with Crippen molar-refractivity contribution in [2.24, 2.45) is 5.41 Å². The molecule has 0 saturated carbocycles. The molecular weight excluding hydrogens is 541 g/mol. The van der Waals surface area contributed by atoms with Crippen LogP contribution >= 0.6 is 0 Å². The number of ether oxygens (including phenoxy) is 2. The number of amides is 1. The van der Waals surface area contributed by atoms with E-state index in [4.69, 9.17) is 9.47 Å². The molecule has 1 fully saturated rings. The minimum absolute atomic E-state index is 0.0103. The third-order valence-corrected chi connectivity index (χ3v) is 7.83. The summed E-state index contributed by atoms with van der Waals surface area (Å²) in [6.07, 6.45) is 2.11. The van der Waals surface area contributed by atoms with Gasteiger partial charge in [0, 0.05) is 43.7 Å². The van der Waals surface area contributed by atoms with E-state index in [9.17, 15) is 28.3 Å². The van der Waals surface area contributed by atoms with Gasteiger partial charge >= 0.3 is 0 Å². The summed E-state index contributed by atoms with van der Waals surface area (Å²) in [7, 11) is 5.28. The van der Waals surface area contributed by atoms with Crippen molar-refractivity contribution in [3.63, 3.8) is 0 Å². The lowest BCUT2D eigenvalue weighted by molar-refractivity contribution is -0.143. The average Bonchev–Trinajstić information content (AvgIpc) is 2.97. The molecule has 1 saturated heterocycles. The van der Waals surface area contributed by atoms with Gasteiger partial charge in [0.15, 0.2) is 11.6 Å². The molecule has 2 aromatic carbocycles. The summed E-state index contributed by atoms with van der Waals surface area (Å²) in [5.74, 6) is -3.90. The summed E-state index contributed by atoms with van der Waals surface area (Å²) in [4.78, 5) is 21.2. The molecular formula is C29H35F3N4O5. The van der Waals surface area contributed by atoms with Crippen molar-refractivity contribution >= 4 is 22.5 Å². The van der Waals surface area contributed by atoms with Crippen molar-refractivity contribution in [3.05, 3.63) is 59.5 Å². The summed E-state index contributed by atoms with van der Waals surface area (Å²) in [6.45, 7) is 1.26. The van der Waals surface area contributed by atoms with Crippen molar-refractivity contribution in [2.45, 2.75) is 31.8 Å². The van der Waals surface area contributed by atoms with Gasteiger partial charge in [-0.3, -0.25) is 19.9 Å². The molecule has 1 unspecified atom stereocenters. The number of nitrogens with one attached hydrogen (secondary N) is 1. The van der Waals surface area contributed by atoms with Crippen LogP contribution in [0.25, 0.3) is 10.9 Å². The van der Waals surface area contributed by atoms with Crippen molar-refractivity contribution in [1.82, 2.24) is 15.4 Å². The van der Waals surface area contributed by atoms with E-state index in [1.807, 2.05) is 36.0 Å². The van der Waals surface area contributed by atoms with Gasteiger partial charge in [-0.05, 0) is 57.0 Å². The largest absolute Gasteiger partial charge is 0.497 e. The molecule has 222 valence electrons. The van der Waals surface area contributed by atoms with Crippen LogP contribution in [0.5, 0.6) is 11.5 Å². The van der Waals surface area contributed by atoms with Gasteiger partial charge in [0.25, 0.3) is 0 Å². The lowest BCUT2D eigenvalue weighted by Crippen LogP contribution is -2.49. The van der Waals surface area contributed by atoms with E-state index >= 15 is 0 Å². The second-order valence-corrected chi connectivity index (χ2v) is 10.5. The van der Waals surface area contributed by atoms with Crippen LogP contribution in [-0.4, -0.2) is 73.6 Å². The molecule has 0 radical (unpaired) electrons. The number of fused-ring (bicyclic) bond motifs is 1. The Labute approximate surface area is 236 Å². The zero-order valence-electron chi connectivity index (χ0n) is 23.3. The van der Waals surface area contributed by atoms with E-state index in [1.54, 1.807) is 24.9 Å². The number of likely N-dealkylation sites (tertiary alicyclic amines) is 1. The van der Waals surface area contributed by atoms with Crippen LogP contribution in [0, 0.1) is 22.9 Å². The number of piperidine rings is 1. The first-order valence-electron chi connectivity index (χ1n) is 13.3. The molecule has 3 N–H and O–H groups in total. The van der Waals surface area contributed by atoms with E-state index in [2.05, 4.69) is 4.98 Å². The van der Waals surface area contributed by atoms with Gasteiger partial charge in [-0.15, -0.1) is 0 Å². The first-order chi connectivity index (χ1) is 19.6. The van der Waals surface area contributed by atoms with E-state index in [0.717, 1.165) is 17.1 Å². The summed E-state index contributed by atoms with van der Waals surface area (Å²) >= 11 is 0. The minimum Gasteiger partial charge on any atom is -0.497 e. The SMILES string of the molecule is COc1ccc2ncc(N(C)C)c(C(O)CCC3(C(=O)NO)CCN(CCOc4cc(F)cc(F)c4F)CC3)c2c1. The van der Waals surface area contributed by atoms with E-state index in [-0.39, 0.29) is 13.0 Å². The van der Waals surface area contributed by atoms with E-state index < -0.39 is 40.6 Å². The molecule has 2 heterocycles. The average molecular weight is 577 g/mol. The lowest BCUT2D eigenvalue weighted by atomic mass is 9.73. The first kappa shape index (κ1) is 30.4. The van der Waals surface area contributed by atoms with E-state index in [1.165, 1.54) is 0 Å². The smallest absolute Gasteiger partial charge is 0.249 e. The molecule has 0 bridgehead atoms. The molecule has 41 heavy (non-hydrogen) atoms. The molecule has 1 aliphatic rings. The summed E-state index contributed by atoms with van der Waals surface area (Å²) in [5.41, 5.74) is 2.98. The van der Waals surface area contributed by atoms with Crippen LogP contribution < -0.4 is 19.9 Å². The molecule has 1 aromatic heterocycles. The van der Waals surface area contributed by atoms with Crippen LogP contribution in [0.15, 0.2) is 36.5 Å². The van der Waals surface area contributed by atoms with Gasteiger partial charge in [-0.25, -0.2) is 14.3 Å². The number of methoxy groups -OCH3 is 1. The minimum atomic E-state index is -1.32. The fourth-order valence-corrected chi connectivity index (χ4v) is 5.41. The number of pyridine rings is 1. The highest BCUT2D eigenvalue weighted by Gasteiger charge is 2.41. The predicted octanol–water partition coefficient (Wildman–Crippen LogP) is 4.21. The monoisotopic (exact) mass is 576 g/mol. The topological polar surface area (TPSA) is 107 Å². The number of hydroxylamine groups is 1. The fourth-order valence-electron chi connectivity index (χ4n) is 5.41. The molecule has 0 spiro atoms. The van der Waals surface area contributed by atoms with Crippen LogP contribution in [0.2, 0.25) is 0 Å². The van der Waals surface area contributed by atoms with Crippen molar-refractivity contribution in [2.75, 3.05) is 52.3 Å². The second-order valence-electron chi connectivity index (χ2n) is 10.5. The van der Waals surface area contributed by atoms with Crippen molar-refractivity contribution in [1.29, 1.82) is 0 Å². The standard InChI is InChI=1S/C29H35F3N4O5/c1-35(2)23-17-33-22-5-4-19(40-3)16-20(22)26(23)24(37)6-7-29(28(38)34-39)8-10-36(11-9-29)12-13-41-25-15-18(30)14-21(31)27(25)32/h4-5,14-17,24,37,39H,6-13H2,1-3H3,(H,34,38). The number of nitrogens with zero attached hydrogens (tertiary/aromatic N) is 3. The molecule has 1 atom stereocenters. The summed E-state index contributed by atoms with van der Waals surface area (Å²) in [6, 6.07) is 6.69. The summed E-state index contributed by atoms with van der Waals surface area (Å²) in [5, 5.41) is 21.7. The highest BCUT2D eigenvalue weighted by atomic mass is 19.2. The Hall–Kier alpha value is -3.61. The number of aromatic nitrogens is 1.